The average molecular weight is 336 g/mol. The summed E-state index contributed by atoms with van der Waals surface area (Å²) >= 11 is 1.57. The highest BCUT2D eigenvalue weighted by Gasteiger charge is 2.28. The molecular weight excluding hydrogens is 312 g/mol. The molecule has 6 heteroatoms. The van der Waals surface area contributed by atoms with Crippen LogP contribution in [-0.2, 0) is 16.8 Å². The molecule has 0 aliphatic heterocycles. The van der Waals surface area contributed by atoms with Gasteiger partial charge in [-0.3, -0.25) is 4.79 Å². The molecule has 2 N–H and O–H groups in total. The minimum atomic E-state index is -1.16. The highest BCUT2D eigenvalue weighted by Crippen LogP contribution is 2.26. The lowest BCUT2D eigenvalue weighted by Gasteiger charge is -2.23. The Bertz CT molecular complexity index is 686. The molecule has 126 valence electrons. The number of nitrogens with zero attached hydrogens (tertiary/aromatic N) is 1. The van der Waals surface area contributed by atoms with E-state index in [0.717, 1.165) is 16.5 Å². The van der Waals surface area contributed by atoms with Crippen LogP contribution in [0.5, 0.6) is 0 Å². The predicted octanol–water partition coefficient (Wildman–Crippen LogP) is 3.04. The molecule has 2 aromatic rings. The monoisotopic (exact) mass is 336 g/mol. The number of carbonyl (C=O) groups is 1. The number of carbonyl (C=O) groups excluding carboxylic acids is 1. The van der Waals surface area contributed by atoms with Gasteiger partial charge in [0, 0.05) is 16.9 Å². The summed E-state index contributed by atoms with van der Waals surface area (Å²) in [6, 6.07) is 1.80. The van der Waals surface area contributed by atoms with Crippen molar-refractivity contribution in [1.29, 1.82) is 0 Å². The highest BCUT2D eigenvalue weighted by molar-refractivity contribution is 7.09. The molecule has 0 radical (unpaired) electrons. The highest BCUT2D eigenvalue weighted by atomic mass is 32.1. The van der Waals surface area contributed by atoms with Crippen molar-refractivity contribution in [1.82, 2.24) is 10.3 Å². The first kappa shape index (κ1) is 17.7. The zero-order chi connectivity index (χ0) is 17.2. The number of amides is 1. The van der Waals surface area contributed by atoms with Gasteiger partial charge < -0.3 is 14.8 Å². The second kappa shape index (κ2) is 6.84. The molecule has 0 aliphatic carbocycles. The van der Waals surface area contributed by atoms with Crippen molar-refractivity contribution in [2.45, 2.75) is 52.6 Å². The van der Waals surface area contributed by atoms with E-state index in [4.69, 9.17) is 4.42 Å². The Morgan fingerprint density at radius 2 is 2.17 bits per heavy atom. The smallest absolute Gasteiger partial charge is 0.226 e. The number of rotatable bonds is 6. The lowest BCUT2D eigenvalue weighted by molar-refractivity contribution is -0.121. The largest absolute Gasteiger partial charge is 0.466 e. The van der Waals surface area contributed by atoms with Gasteiger partial charge in [-0.1, -0.05) is 13.8 Å². The van der Waals surface area contributed by atoms with Gasteiger partial charge in [-0.15, -0.1) is 11.3 Å². The van der Waals surface area contributed by atoms with Gasteiger partial charge in [-0.05, 0) is 26.8 Å². The van der Waals surface area contributed by atoms with E-state index < -0.39 is 5.60 Å². The minimum Gasteiger partial charge on any atom is -0.466 e. The Hall–Kier alpha value is -1.66. The lowest BCUT2D eigenvalue weighted by Crippen LogP contribution is -2.39. The molecule has 0 spiro atoms. The predicted molar refractivity (Wildman–Crippen MR) is 90.7 cm³/mol. The van der Waals surface area contributed by atoms with Crippen LogP contribution in [0.15, 0.2) is 15.9 Å². The number of hydrogen-bond donors (Lipinski definition) is 2. The van der Waals surface area contributed by atoms with Crippen LogP contribution < -0.4 is 5.32 Å². The molecule has 0 saturated heterocycles. The van der Waals surface area contributed by atoms with Gasteiger partial charge in [0.1, 0.15) is 17.1 Å². The van der Waals surface area contributed by atoms with Crippen molar-refractivity contribution in [3.8, 4) is 0 Å². The topological polar surface area (TPSA) is 75.4 Å². The summed E-state index contributed by atoms with van der Waals surface area (Å²) in [6.45, 7) is 9.60. The molecule has 5 nitrogen and oxygen atoms in total. The van der Waals surface area contributed by atoms with Crippen LogP contribution in [0.3, 0.4) is 0 Å². The van der Waals surface area contributed by atoms with E-state index in [9.17, 15) is 9.90 Å². The van der Waals surface area contributed by atoms with Gasteiger partial charge in [-0.25, -0.2) is 4.98 Å². The van der Waals surface area contributed by atoms with E-state index in [0.29, 0.717) is 17.2 Å². The molecular formula is C17H24N2O3S. The number of nitrogens with one attached hydrogen (secondary N) is 1. The third-order valence-corrected chi connectivity index (χ3v) is 4.85. The van der Waals surface area contributed by atoms with Crippen molar-refractivity contribution in [2.24, 2.45) is 0 Å². The van der Waals surface area contributed by atoms with Crippen molar-refractivity contribution in [3.63, 3.8) is 0 Å². The van der Waals surface area contributed by atoms with Gasteiger partial charge in [0.15, 0.2) is 0 Å². The van der Waals surface area contributed by atoms with E-state index in [1.54, 1.807) is 31.3 Å². The van der Waals surface area contributed by atoms with Crippen LogP contribution in [0.25, 0.3) is 0 Å². The first-order valence-corrected chi connectivity index (χ1v) is 8.58. The Balaban J connectivity index is 1.94. The van der Waals surface area contributed by atoms with Crippen molar-refractivity contribution >= 4 is 17.2 Å². The third kappa shape index (κ3) is 4.42. The summed E-state index contributed by atoms with van der Waals surface area (Å²) in [5.74, 6) is 1.63. The normalized spacial score (nSPS) is 14.0. The molecule has 2 aromatic heterocycles. The summed E-state index contributed by atoms with van der Waals surface area (Å²) in [7, 11) is 0. The zero-order valence-electron chi connectivity index (χ0n) is 14.3. The fourth-order valence-corrected chi connectivity index (χ4v) is 3.26. The number of furan rings is 1. The van der Waals surface area contributed by atoms with E-state index >= 15 is 0 Å². The minimum absolute atomic E-state index is 0.132. The Morgan fingerprint density at radius 3 is 2.70 bits per heavy atom. The standard InChI is InChI=1S/C17H24N2O3S/c1-10(2)16-19-13(8-23-16)7-15(20)18-9-17(5,21)14-6-11(3)22-12(14)4/h6,8,10,21H,7,9H2,1-5H3,(H,18,20). The summed E-state index contributed by atoms with van der Waals surface area (Å²) in [5.41, 5.74) is 0.306. The van der Waals surface area contributed by atoms with Crippen LogP contribution >= 0.6 is 11.3 Å². The quantitative estimate of drug-likeness (QED) is 0.850. The molecule has 23 heavy (non-hydrogen) atoms. The first-order valence-electron chi connectivity index (χ1n) is 7.70. The Labute approximate surface area is 140 Å². The van der Waals surface area contributed by atoms with E-state index in [2.05, 4.69) is 24.1 Å². The van der Waals surface area contributed by atoms with Gasteiger partial charge in [0.05, 0.1) is 23.7 Å². The van der Waals surface area contributed by atoms with Crippen molar-refractivity contribution in [3.05, 3.63) is 39.2 Å². The van der Waals surface area contributed by atoms with Gasteiger partial charge in [-0.2, -0.15) is 0 Å². The van der Waals surface area contributed by atoms with Crippen LogP contribution in [0, 0.1) is 13.8 Å². The number of aryl methyl sites for hydroxylation is 2. The fourth-order valence-electron chi connectivity index (χ4n) is 2.43. The van der Waals surface area contributed by atoms with Crippen LogP contribution in [0.2, 0.25) is 0 Å². The molecule has 0 aromatic carbocycles. The van der Waals surface area contributed by atoms with E-state index in [-0.39, 0.29) is 18.9 Å². The van der Waals surface area contributed by atoms with Crippen LogP contribution in [0.4, 0.5) is 0 Å². The second-order valence-electron chi connectivity index (χ2n) is 6.39. The van der Waals surface area contributed by atoms with Gasteiger partial charge in [0.25, 0.3) is 0 Å². The molecule has 0 aliphatic rings. The van der Waals surface area contributed by atoms with Gasteiger partial charge >= 0.3 is 0 Å². The van der Waals surface area contributed by atoms with Gasteiger partial charge in [0.2, 0.25) is 5.91 Å². The first-order chi connectivity index (χ1) is 10.7. The number of aromatic nitrogens is 1. The summed E-state index contributed by atoms with van der Waals surface area (Å²) in [5, 5.41) is 16.3. The second-order valence-corrected chi connectivity index (χ2v) is 7.28. The van der Waals surface area contributed by atoms with Crippen LogP contribution in [-0.4, -0.2) is 22.5 Å². The maximum Gasteiger partial charge on any atom is 0.226 e. The maximum atomic E-state index is 12.1. The molecule has 0 fully saturated rings. The number of hydrogen-bond acceptors (Lipinski definition) is 5. The lowest BCUT2D eigenvalue weighted by atomic mass is 9.96. The Morgan fingerprint density at radius 1 is 1.48 bits per heavy atom. The van der Waals surface area contributed by atoms with Crippen molar-refractivity contribution in [2.75, 3.05) is 6.54 Å². The molecule has 0 bridgehead atoms. The summed E-state index contributed by atoms with van der Waals surface area (Å²) in [4.78, 5) is 16.5. The van der Waals surface area contributed by atoms with E-state index in [1.807, 2.05) is 12.3 Å². The molecule has 2 heterocycles. The van der Waals surface area contributed by atoms with Crippen molar-refractivity contribution < 1.29 is 14.3 Å². The number of thiazole rings is 1. The maximum absolute atomic E-state index is 12.1. The van der Waals surface area contributed by atoms with Crippen LogP contribution in [0.1, 0.15) is 54.5 Å². The van der Waals surface area contributed by atoms with E-state index in [1.165, 1.54) is 0 Å². The Kier molecular flexibility index (Phi) is 5.26. The molecule has 0 saturated carbocycles. The molecule has 1 atom stereocenters. The zero-order valence-corrected chi connectivity index (χ0v) is 15.1. The molecule has 1 unspecified atom stereocenters. The molecule has 1 amide bonds. The summed E-state index contributed by atoms with van der Waals surface area (Å²) in [6.07, 6.45) is 0.225. The fraction of sp³-hybridized carbons (Fsp3) is 0.529. The SMILES string of the molecule is Cc1cc(C(C)(O)CNC(=O)Cc2csc(C(C)C)n2)c(C)o1. The average Bonchev–Trinajstić information content (AvgIpc) is 3.03. The molecule has 2 rings (SSSR count). The number of aliphatic hydroxyl groups is 1. The summed E-state index contributed by atoms with van der Waals surface area (Å²) < 4.78 is 5.45. The third-order valence-electron chi connectivity index (χ3n) is 3.66.